The maximum atomic E-state index is 12.2. The van der Waals surface area contributed by atoms with Crippen molar-refractivity contribution in [1.82, 2.24) is 4.72 Å². The van der Waals surface area contributed by atoms with Gasteiger partial charge in [0.1, 0.15) is 0 Å². The third kappa shape index (κ3) is 4.49. The van der Waals surface area contributed by atoms with Crippen molar-refractivity contribution in [1.29, 1.82) is 0 Å². The van der Waals surface area contributed by atoms with Crippen LogP contribution in [0.3, 0.4) is 0 Å². The monoisotopic (exact) mass is 302 g/mol. The summed E-state index contributed by atoms with van der Waals surface area (Å²) in [6.45, 7) is 4.80. The quantitative estimate of drug-likeness (QED) is 0.805. The van der Waals surface area contributed by atoms with Gasteiger partial charge >= 0.3 is 0 Å². The van der Waals surface area contributed by atoms with Crippen molar-refractivity contribution >= 4 is 21.8 Å². The standard InChI is InChI=1S/C13H22N2O2S2/c1-4-11-5-6-13(7-12(11)8-14)19(16,17)15-9-10(2)18-3/h5-7,10,15H,4,8-9,14H2,1-3H3. The number of nitrogens with two attached hydrogens (primary N) is 1. The molecular weight excluding hydrogens is 280 g/mol. The minimum absolute atomic E-state index is 0.249. The van der Waals surface area contributed by atoms with Crippen molar-refractivity contribution in [3.63, 3.8) is 0 Å². The zero-order valence-corrected chi connectivity index (χ0v) is 13.3. The fourth-order valence-electron chi connectivity index (χ4n) is 1.70. The van der Waals surface area contributed by atoms with Gasteiger partial charge in [0, 0.05) is 18.3 Å². The van der Waals surface area contributed by atoms with Gasteiger partial charge in [0.2, 0.25) is 10.0 Å². The Morgan fingerprint density at radius 1 is 1.37 bits per heavy atom. The van der Waals surface area contributed by atoms with Crippen molar-refractivity contribution in [2.24, 2.45) is 5.73 Å². The lowest BCUT2D eigenvalue weighted by molar-refractivity contribution is 0.581. The van der Waals surface area contributed by atoms with Crippen molar-refractivity contribution in [2.75, 3.05) is 12.8 Å². The molecule has 3 N–H and O–H groups in total. The Kier molecular flexibility index (Phi) is 6.32. The average molecular weight is 302 g/mol. The Hall–Kier alpha value is -0.560. The molecule has 0 aliphatic rings. The van der Waals surface area contributed by atoms with Gasteiger partial charge < -0.3 is 5.73 Å². The highest BCUT2D eigenvalue weighted by Gasteiger charge is 2.16. The molecule has 0 aliphatic carbocycles. The summed E-state index contributed by atoms with van der Waals surface area (Å²) in [6.07, 6.45) is 2.81. The van der Waals surface area contributed by atoms with E-state index >= 15 is 0 Å². The molecule has 108 valence electrons. The van der Waals surface area contributed by atoms with Crippen LogP contribution in [0.2, 0.25) is 0 Å². The second-order valence-corrected chi connectivity index (χ2v) is 7.43. The molecule has 19 heavy (non-hydrogen) atoms. The molecule has 6 heteroatoms. The summed E-state index contributed by atoms with van der Waals surface area (Å²) in [5.74, 6) is 0. The van der Waals surface area contributed by atoms with E-state index in [1.807, 2.05) is 26.2 Å². The fourth-order valence-corrected chi connectivity index (χ4v) is 3.23. The first kappa shape index (κ1) is 16.5. The summed E-state index contributed by atoms with van der Waals surface area (Å²) >= 11 is 1.63. The minimum Gasteiger partial charge on any atom is -0.326 e. The molecule has 0 amide bonds. The second kappa shape index (κ2) is 7.28. The number of benzene rings is 1. The Bertz CT molecular complexity index is 515. The lowest BCUT2D eigenvalue weighted by Gasteiger charge is -2.12. The first-order valence-electron chi connectivity index (χ1n) is 6.29. The SMILES string of the molecule is CCc1ccc(S(=O)(=O)NCC(C)SC)cc1CN. The van der Waals surface area contributed by atoms with Crippen molar-refractivity contribution < 1.29 is 8.42 Å². The minimum atomic E-state index is -3.44. The highest BCUT2D eigenvalue weighted by molar-refractivity contribution is 7.99. The fraction of sp³-hybridized carbons (Fsp3) is 0.538. The van der Waals surface area contributed by atoms with Crippen LogP contribution in [0.4, 0.5) is 0 Å². The van der Waals surface area contributed by atoms with Gasteiger partial charge in [0.05, 0.1) is 4.90 Å². The summed E-state index contributed by atoms with van der Waals surface area (Å²) < 4.78 is 26.9. The highest BCUT2D eigenvalue weighted by Crippen LogP contribution is 2.17. The van der Waals surface area contributed by atoms with E-state index in [2.05, 4.69) is 4.72 Å². The summed E-state index contributed by atoms with van der Waals surface area (Å²) in [4.78, 5) is 0.290. The summed E-state index contributed by atoms with van der Waals surface area (Å²) in [7, 11) is -3.44. The third-order valence-corrected chi connectivity index (χ3v) is 5.44. The van der Waals surface area contributed by atoms with Gasteiger partial charge in [-0.25, -0.2) is 13.1 Å². The van der Waals surface area contributed by atoms with Crippen LogP contribution in [-0.2, 0) is 23.0 Å². The van der Waals surface area contributed by atoms with Gasteiger partial charge in [0.25, 0.3) is 0 Å². The maximum Gasteiger partial charge on any atom is 0.240 e. The van der Waals surface area contributed by atoms with E-state index in [1.165, 1.54) is 0 Å². The van der Waals surface area contributed by atoms with E-state index < -0.39 is 10.0 Å². The van der Waals surface area contributed by atoms with Crippen LogP contribution >= 0.6 is 11.8 Å². The smallest absolute Gasteiger partial charge is 0.240 e. The Labute approximate surface area is 120 Å². The maximum absolute atomic E-state index is 12.2. The van der Waals surface area contributed by atoms with Crippen LogP contribution in [0, 0.1) is 0 Å². The van der Waals surface area contributed by atoms with E-state index in [0.717, 1.165) is 17.5 Å². The summed E-state index contributed by atoms with van der Waals surface area (Å²) in [6, 6.07) is 5.16. The zero-order chi connectivity index (χ0) is 14.5. The molecule has 1 rings (SSSR count). The molecule has 0 bridgehead atoms. The molecule has 0 aromatic heterocycles. The van der Waals surface area contributed by atoms with Gasteiger partial charge in [-0.2, -0.15) is 11.8 Å². The number of hydrogen-bond donors (Lipinski definition) is 2. The Morgan fingerprint density at radius 2 is 2.05 bits per heavy atom. The lowest BCUT2D eigenvalue weighted by atomic mass is 10.1. The number of aryl methyl sites for hydroxylation is 1. The predicted octanol–water partition coefficient (Wildman–Crippen LogP) is 1.74. The molecule has 1 atom stereocenters. The molecule has 4 nitrogen and oxygen atoms in total. The molecule has 0 heterocycles. The van der Waals surface area contributed by atoms with Crippen LogP contribution < -0.4 is 10.5 Å². The summed E-state index contributed by atoms with van der Waals surface area (Å²) in [5, 5.41) is 0.249. The highest BCUT2D eigenvalue weighted by atomic mass is 32.2. The molecular formula is C13H22N2O2S2. The molecule has 0 fully saturated rings. The van der Waals surface area contributed by atoms with Gasteiger partial charge in [-0.05, 0) is 35.9 Å². The van der Waals surface area contributed by atoms with Crippen molar-refractivity contribution in [3.05, 3.63) is 29.3 Å². The van der Waals surface area contributed by atoms with Crippen LogP contribution in [0.5, 0.6) is 0 Å². The summed E-state index contributed by atoms with van der Waals surface area (Å²) in [5.41, 5.74) is 7.65. The molecule has 0 spiro atoms. The van der Waals surface area contributed by atoms with Crippen LogP contribution in [-0.4, -0.2) is 26.5 Å². The molecule has 0 radical (unpaired) electrons. The topological polar surface area (TPSA) is 72.2 Å². The number of thioether (sulfide) groups is 1. The molecule has 1 aromatic carbocycles. The Morgan fingerprint density at radius 3 is 2.58 bits per heavy atom. The first-order chi connectivity index (χ1) is 8.94. The van der Waals surface area contributed by atoms with Gasteiger partial charge in [-0.15, -0.1) is 0 Å². The largest absolute Gasteiger partial charge is 0.326 e. The second-order valence-electron chi connectivity index (χ2n) is 4.39. The zero-order valence-electron chi connectivity index (χ0n) is 11.6. The van der Waals surface area contributed by atoms with Crippen molar-refractivity contribution in [2.45, 2.75) is 37.0 Å². The van der Waals surface area contributed by atoms with Crippen molar-refractivity contribution in [3.8, 4) is 0 Å². The van der Waals surface area contributed by atoms with E-state index in [-0.39, 0.29) is 5.25 Å². The number of sulfonamides is 1. The molecule has 0 saturated carbocycles. The van der Waals surface area contributed by atoms with E-state index in [1.54, 1.807) is 23.9 Å². The molecule has 1 aromatic rings. The van der Waals surface area contributed by atoms with Gasteiger partial charge in [0.15, 0.2) is 0 Å². The number of rotatable bonds is 7. The lowest BCUT2D eigenvalue weighted by Crippen LogP contribution is -2.29. The van der Waals surface area contributed by atoms with Gasteiger partial charge in [-0.1, -0.05) is 19.9 Å². The normalized spacial score (nSPS) is 13.5. The van der Waals surface area contributed by atoms with Crippen LogP contribution in [0.1, 0.15) is 25.0 Å². The van der Waals surface area contributed by atoms with E-state index in [0.29, 0.717) is 18.0 Å². The average Bonchev–Trinajstić information content (AvgIpc) is 2.43. The first-order valence-corrected chi connectivity index (χ1v) is 9.06. The number of hydrogen-bond acceptors (Lipinski definition) is 4. The third-order valence-electron chi connectivity index (χ3n) is 3.05. The van der Waals surface area contributed by atoms with Crippen LogP contribution in [0.15, 0.2) is 23.1 Å². The van der Waals surface area contributed by atoms with E-state index in [4.69, 9.17) is 5.73 Å². The molecule has 0 saturated heterocycles. The predicted molar refractivity (Wildman–Crippen MR) is 81.9 cm³/mol. The Balaban J connectivity index is 2.95. The van der Waals surface area contributed by atoms with Gasteiger partial charge in [-0.3, -0.25) is 0 Å². The molecule has 1 unspecified atom stereocenters. The number of nitrogens with one attached hydrogen (secondary N) is 1. The van der Waals surface area contributed by atoms with Crippen LogP contribution in [0.25, 0.3) is 0 Å². The van der Waals surface area contributed by atoms with E-state index in [9.17, 15) is 8.42 Å². The molecule has 0 aliphatic heterocycles.